The zero-order valence-corrected chi connectivity index (χ0v) is 13.7. The molecule has 0 fully saturated rings. The highest BCUT2D eigenvalue weighted by atomic mass is 19.4. The van der Waals surface area contributed by atoms with E-state index in [9.17, 15) is 22.4 Å². The van der Waals surface area contributed by atoms with E-state index in [4.69, 9.17) is 5.73 Å². The molecule has 8 heteroatoms. The van der Waals surface area contributed by atoms with E-state index in [2.05, 4.69) is 4.98 Å². The largest absolute Gasteiger partial charge is 0.416 e. The lowest BCUT2D eigenvalue weighted by Crippen LogP contribution is -2.29. The molecule has 4 nitrogen and oxygen atoms in total. The smallest absolute Gasteiger partial charge is 0.321 e. The molecule has 26 heavy (non-hydrogen) atoms. The molecule has 0 aliphatic heterocycles. The Labute approximate surface area is 145 Å². The van der Waals surface area contributed by atoms with Gasteiger partial charge in [-0.1, -0.05) is 19.1 Å². The van der Waals surface area contributed by atoms with Gasteiger partial charge in [0.15, 0.2) is 0 Å². The van der Waals surface area contributed by atoms with Gasteiger partial charge in [-0.05, 0) is 36.8 Å². The fourth-order valence-corrected chi connectivity index (χ4v) is 2.71. The Kier molecular flexibility index (Phi) is 4.53. The zero-order chi connectivity index (χ0) is 19.1. The van der Waals surface area contributed by atoms with E-state index in [0.717, 1.165) is 22.8 Å². The van der Waals surface area contributed by atoms with E-state index in [1.165, 1.54) is 24.3 Å². The van der Waals surface area contributed by atoms with Crippen molar-refractivity contribution in [1.82, 2.24) is 9.55 Å². The number of nitrogens with two attached hydrogens (primary N) is 1. The molecule has 0 bridgehead atoms. The fourth-order valence-electron chi connectivity index (χ4n) is 2.71. The minimum atomic E-state index is -4.58. The van der Waals surface area contributed by atoms with Gasteiger partial charge in [0.05, 0.1) is 22.8 Å². The van der Waals surface area contributed by atoms with Crippen LogP contribution in [0.1, 0.15) is 30.8 Å². The van der Waals surface area contributed by atoms with Crippen LogP contribution < -0.4 is 11.3 Å². The summed E-state index contributed by atoms with van der Waals surface area (Å²) in [7, 11) is 0. The first kappa shape index (κ1) is 18.1. The first-order valence-electron chi connectivity index (χ1n) is 7.88. The molecule has 1 unspecified atom stereocenters. The van der Waals surface area contributed by atoms with Gasteiger partial charge < -0.3 is 5.73 Å². The number of rotatable bonds is 3. The van der Waals surface area contributed by atoms with Crippen molar-refractivity contribution in [3.63, 3.8) is 0 Å². The monoisotopic (exact) mass is 365 g/mol. The SMILES string of the molecule is CCC(N)c1nc2cccc(F)c2c(=O)n1-c1cccc(C(F)(F)F)c1. The van der Waals surface area contributed by atoms with Crippen LogP contribution in [0.3, 0.4) is 0 Å². The molecule has 136 valence electrons. The summed E-state index contributed by atoms with van der Waals surface area (Å²) in [5.74, 6) is -0.715. The van der Waals surface area contributed by atoms with Gasteiger partial charge in [0.25, 0.3) is 5.56 Å². The highest BCUT2D eigenvalue weighted by Crippen LogP contribution is 2.30. The van der Waals surface area contributed by atoms with Crippen LogP contribution in [-0.4, -0.2) is 9.55 Å². The molecule has 2 N–H and O–H groups in total. The van der Waals surface area contributed by atoms with E-state index in [1.54, 1.807) is 6.92 Å². The Bertz CT molecular complexity index is 1030. The molecule has 0 saturated heterocycles. The van der Waals surface area contributed by atoms with Crippen LogP contribution >= 0.6 is 0 Å². The third-order valence-corrected chi connectivity index (χ3v) is 4.08. The second-order valence-electron chi connectivity index (χ2n) is 5.81. The number of hydrogen-bond acceptors (Lipinski definition) is 3. The minimum absolute atomic E-state index is 0.0682. The standard InChI is InChI=1S/C18H15F4N3O/c1-2-13(23)16-24-14-8-4-7-12(19)15(14)17(26)25(16)11-6-3-5-10(9-11)18(20,21)22/h3-9,13H,2,23H2,1H3. The number of benzene rings is 2. The zero-order valence-electron chi connectivity index (χ0n) is 13.7. The van der Waals surface area contributed by atoms with Gasteiger partial charge in [-0.25, -0.2) is 9.37 Å². The topological polar surface area (TPSA) is 60.9 Å². The second-order valence-corrected chi connectivity index (χ2v) is 5.81. The minimum Gasteiger partial charge on any atom is -0.321 e. The van der Waals surface area contributed by atoms with Crippen LogP contribution in [0.25, 0.3) is 16.6 Å². The van der Waals surface area contributed by atoms with Crippen molar-refractivity contribution in [2.45, 2.75) is 25.6 Å². The van der Waals surface area contributed by atoms with E-state index in [-0.39, 0.29) is 22.4 Å². The molecule has 0 amide bonds. The summed E-state index contributed by atoms with van der Waals surface area (Å²) in [6, 6.07) is 7.48. The number of fused-ring (bicyclic) bond motifs is 1. The average molecular weight is 365 g/mol. The Morgan fingerprint density at radius 3 is 2.54 bits per heavy atom. The molecule has 3 aromatic rings. The predicted molar refractivity (Wildman–Crippen MR) is 89.5 cm³/mol. The van der Waals surface area contributed by atoms with E-state index in [1.807, 2.05) is 0 Å². The molecule has 1 aromatic heterocycles. The summed E-state index contributed by atoms with van der Waals surface area (Å²) in [5.41, 5.74) is 4.33. The third-order valence-electron chi connectivity index (χ3n) is 4.08. The van der Waals surface area contributed by atoms with Crippen LogP contribution in [0.2, 0.25) is 0 Å². The van der Waals surface area contributed by atoms with Gasteiger partial charge in [0.1, 0.15) is 17.0 Å². The normalized spacial score (nSPS) is 13.2. The summed E-state index contributed by atoms with van der Waals surface area (Å²) in [6.45, 7) is 1.75. The maximum absolute atomic E-state index is 14.2. The number of nitrogens with zero attached hydrogens (tertiary/aromatic N) is 2. The lowest BCUT2D eigenvalue weighted by Gasteiger charge is -2.18. The van der Waals surface area contributed by atoms with Crippen molar-refractivity contribution in [1.29, 1.82) is 0 Å². The van der Waals surface area contributed by atoms with Crippen molar-refractivity contribution in [3.05, 3.63) is 70.0 Å². The molecule has 0 saturated carbocycles. The molecule has 1 atom stereocenters. The summed E-state index contributed by atoms with van der Waals surface area (Å²) in [5, 5.41) is -0.294. The number of hydrogen-bond donors (Lipinski definition) is 1. The molecule has 0 aliphatic carbocycles. The van der Waals surface area contributed by atoms with Crippen molar-refractivity contribution >= 4 is 10.9 Å². The molecular weight excluding hydrogens is 350 g/mol. The van der Waals surface area contributed by atoms with E-state index < -0.39 is 29.2 Å². The van der Waals surface area contributed by atoms with Gasteiger partial charge in [-0.15, -0.1) is 0 Å². The van der Waals surface area contributed by atoms with Crippen molar-refractivity contribution in [3.8, 4) is 5.69 Å². The molecule has 0 spiro atoms. The number of aromatic nitrogens is 2. The highest BCUT2D eigenvalue weighted by Gasteiger charge is 2.31. The summed E-state index contributed by atoms with van der Waals surface area (Å²) in [4.78, 5) is 17.2. The molecule has 2 aromatic carbocycles. The number of halogens is 4. The van der Waals surface area contributed by atoms with Gasteiger partial charge in [0, 0.05) is 0 Å². The van der Waals surface area contributed by atoms with Gasteiger partial charge in [0.2, 0.25) is 0 Å². The van der Waals surface area contributed by atoms with Gasteiger partial charge in [-0.3, -0.25) is 9.36 Å². The maximum atomic E-state index is 14.2. The highest BCUT2D eigenvalue weighted by molar-refractivity contribution is 5.78. The molecule has 3 rings (SSSR count). The fraction of sp³-hybridized carbons (Fsp3) is 0.222. The number of alkyl halides is 3. The van der Waals surface area contributed by atoms with Crippen LogP contribution in [0.15, 0.2) is 47.3 Å². The maximum Gasteiger partial charge on any atom is 0.416 e. The average Bonchev–Trinajstić information content (AvgIpc) is 2.60. The Hall–Kier alpha value is -2.74. The van der Waals surface area contributed by atoms with Crippen LogP contribution in [0.4, 0.5) is 17.6 Å². The summed E-state index contributed by atoms with van der Waals surface area (Å²) < 4.78 is 54.2. The Balaban J connectivity index is 2.39. The molecule has 0 radical (unpaired) electrons. The van der Waals surface area contributed by atoms with Crippen LogP contribution in [0, 0.1) is 5.82 Å². The van der Waals surface area contributed by atoms with E-state index in [0.29, 0.717) is 6.42 Å². The molecular formula is C18H15F4N3O. The molecule has 0 aliphatic rings. The molecule has 1 heterocycles. The van der Waals surface area contributed by atoms with Crippen molar-refractivity contribution < 1.29 is 17.6 Å². The summed E-state index contributed by atoms with van der Waals surface area (Å²) in [6.07, 6.45) is -4.19. The first-order valence-corrected chi connectivity index (χ1v) is 7.88. The second kappa shape index (κ2) is 6.53. The predicted octanol–water partition coefficient (Wildman–Crippen LogP) is 3.95. The van der Waals surface area contributed by atoms with Gasteiger partial charge >= 0.3 is 6.18 Å². The van der Waals surface area contributed by atoms with E-state index >= 15 is 0 Å². The Morgan fingerprint density at radius 2 is 1.88 bits per heavy atom. The summed E-state index contributed by atoms with van der Waals surface area (Å²) >= 11 is 0. The lowest BCUT2D eigenvalue weighted by molar-refractivity contribution is -0.137. The van der Waals surface area contributed by atoms with Crippen LogP contribution in [0.5, 0.6) is 0 Å². The van der Waals surface area contributed by atoms with Crippen molar-refractivity contribution in [2.24, 2.45) is 5.73 Å². The lowest BCUT2D eigenvalue weighted by atomic mass is 10.1. The third kappa shape index (κ3) is 3.08. The Morgan fingerprint density at radius 1 is 1.19 bits per heavy atom. The quantitative estimate of drug-likeness (QED) is 0.715. The first-order chi connectivity index (χ1) is 12.2. The van der Waals surface area contributed by atoms with Crippen molar-refractivity contribution in [2.75, 3.05) is 0 Å². The van der Waals surface area contributed by atoms with Crippen LogP contribution in [-0.2, 0) is 6.18 Å². The van der Waals surface area contributed by atoms with Gasteiger partial charge in [-0.2, -0.15) is 13.2 Å².